The lowest BCUT2D eigenvalue weighted by molar-refractivity contribution is -0.144. The van der Waals surface area contributed by atoms with Crippen LogP contribution in [0.1, 0.15) is 12.8 Å². The van der Waals surface area contributed by atoms with Crippen LogP contribution in [0.15, 0.2) is 70.5 Å². The van der Waals surface area contributed by atoms with Gasteiger partial charge in [-0.05, 0) is 48.9 Å². The van der Waals surface area contributed by atoms with Crippen molar-refractivity contribution in [3.05, 3.63) is 60.7 Å². The molecule has 2 aliphatic heterocycles. The van der Waals surface area contributed by atoms with E-state index in [1.54, 1.807) is 11.8 Å². The summed E-state index contributed by atoms with van der Waals surface area (Å²) in [7, 11) is 0. The molecule has 2 heterocycles. The lowest BCUT2D eigenvalue weighted by atomic mass is 9.85. The number of allylic oxidation sites excluding steroid dienone is 2. The number of rotatable bonds is 6. The first-order valence-electron chi connectivity index (χ1n) is 11.6. The van der Waals surface area contributed by atoms with E-state index in [0.29, 0.717) is 6.54 Å². The summed E-state index contributed by atoms with van der Waals surface area (Å²) < 4.78 is 0. The van der Waals surface area contributed by atoms with Crippen LogP contribution in [-0.2, 0) is 14.4 Å². The van der Waals surface area contributed by atoms with Gasteiger partial charge in [-0.25, -0.2) is 0 Å². The van der Waals surface area contributed by atoms with E-state index in [1.807, 2.05) is 12.1 Å². The zero-order valence-corrected chi connectivity index (χ0v) is 19.0. The lowest BCUT2D eigenvalue weighted by Crippen LogP contribution is -2.42. The summed E-state index contributed by atoms with van der Waals surface area (Å²) in [4.78, 5) is 44.0. The Labute approximate surface area is 197 Å². The molecule has 2 fully saturated rings. The van der Waals surface area contributed by atoms with E-state index in [-0.39, 0.29) is 47.9 Å². The average Bonchev–Trinajstić information content (AvgIpc) is 3.51. The summed E-state index contributed by atoms with van der Waals surface area (Å²) in [6.07, 6.45) is 5.78. The SMILES string of the molecule is O=C(CN1C(=O)C2C3C=CC(C3)C2C1=O)NCCCN1c2ccccc2Sc2ccccc21. The zero-order chi connectivity index (χ0) is 22.5. The Morgan fingerprint density at radius 2 is 1.45 bits per heavy atom. The molecular weight excluding hydrogens is 434 g/mol. The molecule has 2 aromatic rings. The first-order valence-corrected chi connectivity index (χ1v) is 12.4. The number of para-hydroxylation sites is 2. The molecule has 1 saturated carbocycles. The molecule has 1 saturated heterocycles. The number of imide groups is 1. The molecule has 1 N–H and O–H groups in total. The number of benzene rings is 2. The van der Waals surface area contributed by atoms with E-state index in [1.165, 1.54) is 26.1 Å². The molecule has 6 nitrogen and oxygen atoms in total. The fourth-order valence-corrected chi connectivity index (χ4v) is 6.90. The molecule has 4 unspecified atom stereocenters. The third-order valence-corrected chi connectivity index (χ3v) is 8.41. The first kappa shape index (κ1) is 20.5. The predicted molar refractivity (Wildman–Crippen MR) is 126 cm³/mol. The van der Waals surface area contributed by atoms with Crippen molar-refractivity contribution in [2.24, 2.45) is 23.7 Å². The highest BCUT2D eigenvalue weighted by atomic mass is 32.2. The molecule has 0 radical (unpaired) electrons. The quantitative estimate of drug-likeness (QED) is 0.406. The number of amides is 3. The van der Waals surface area contributed by atoms with Gasteiger partial charge in [0.2, 0.25) is 17.7 Å². The largest absolute Gasteiger partial charge is 0.354 e. The van der Waals surface area contributed by atoms with Crippen LogP contribution in [0, 0.1) is 23.7 Å². The van der Waals surface area contributed by atoms with Crippen molar-refractivity contribution in [3.63, 3.8) is 0 Å². The summed E-state index contributed by atoms with van der Waals surface area (Å²) in [5.41, 5.74) is 2.35. The summed E-state index contributed by atoms with van der Waals surface area (Å²) in [5.74, 6) is -0.787. The second kappa shape index (κ2) is 8.06. The van der Waals surface area contributed by atoms with Gasteiger partial charge in [-0.2, -0.15) is 0 Å². The monoisotopic (exact) mass is 459 g/mol. The Hall–Kier alpha value is -3.06. The van der Waals surface area contributed by atoms with Crippen LogP contribution in [-0.4, -0.2) is 42.3 Å². The van der Waals surface area contributed by atoms with Gasteiger partial charge < -0.3 is 10.2 Å². The number of hydrogen-bond acceptors (Lipinski definition) is 5. The topological polar surface area (TPSA) is 69.7 Å². The van der Waals surface area contributed by atoms with E-state index in [0.717, 1.165) is 19.4 Å². The number of fused-ring (bicyclic) bond motifs is 7. The van der Waals surface area contributed by atoms with E-state index >= 15 is 0 Å². The zero-order valence-electron chi connectivity index (χ0n) is 18.1. The van der Waals surface area contributed by atoms with E-state index < -0.39 is 0 Å². The van der Waals surface area contributed by atoms with Crippen LogP contribution in [0.4, 0.5) is 11.4 Å². The van der Waals surface area contributed by atoms with Crippen molar-refractivity contribution in [3.8, 4) is 0 Å². The third kappa shape index (κ3) is 3.37. The number of hydrogen-bond donors (Lipinski definition) is 1. The normalized spacial score (nSPS) is 26.4. The second-order valence-electron chi connectivity index (χ2n) is 9.16. The van der Waals surface area contributed by atoms with Crippen molar-refractivity contribution in [1.29, 1.82) is 0 Å². The molecule has 33 heavy (non-hydrogen) atoms. The highest BCUT2D eigenvalue weighted by Crippen LogP contribution is 2.52. The molecule has 2 aromatic carbocycles. The predicted octanol–water partition coefficient (Wildman–Crippen LogP) is 3.60. The molecule has 4 aliphatic rings. The highest BCUT2D eigenvalue weighted by Gasteiger charge is 2.59. The first-order chi connectivity index (χ1) is 16.1. The Bertz CT molecular complexity index is 1100. The van der Waals surface area contributed by atoms with Gasteiger partial charge in [-0.15, -0.1) is 0 Å². The molecule has 7 heteroatoms. The minimum Gasteiger partial charge on any atom is -0.354 e. The fraction of sp³-hybridized carbons (Fsp3) is 0.346. The smallest absolute Gasteiger partial charge is 0.240 e. The van der Waals surface area contributed by atoms with Gasteiger partial charge in [-0.3, -0.25) is 19.3 Å². The summed E-state index contributed by atoms with van der Waals surface area (Å²) >= 11 is 1.77. The minimum absolute atomic E-state index is 0.165. The number of likely N-dealkylation sites (tertiary alicyclic amines) is 1. The Morgan fingerprint density at radius 1 is 0.879 bits per heavy atom. The molecule has 3 amide bonds. The average molecular weight is 460 g/mol. The molecule has 6 rings (SSSR count). The number of carbonyl (C=O) groups excluding carboxylic acids is 3. The number of carbonyl (C=O) groups is 3. The molecule has 168 valence electrons. The maximum Gasteiger partial charge on any atom is 0.240 e. The van der Waals surface area contributed by atoms with Crippen LogP contribution < -0.4 is 10.2 Å². The van der Waals surface area contributed by atoms with E-state index in [2.05, 4.69) is 58.8 Å². The van der Waals surface area contributed by atoms with Crippen LogP contribution in [0.3, 0.4) is 0 Å². The van der Waals surface area contributed by atoms with Crippen molar-refractivity contribution >= 4 is 40.9 Å². The Morgan fingerprint density at radius 3 is 2.06 bits per heavy atom. The number of nitrogens with one attached hydrogen (secondary N) is 1. The van der Waals surface area contributed by atoms with Crippen LogP contribution in [0.2, 0.25) is 0 Å². The van der Waals surface area contributed by atoms with Gasteiger partial charge in [-0.1, -0.05) is 48.2 Å². The van der Waals surface area contributed by atoms with E-state index in [9.17, 15) is 14.4 Å². The maximum absolute atomic E-state index is 12.8. The fourth-order valence-electron chi connectivity index (χ4n) is 5.81. The minimum atomic E-state index is -0.271. The van der Waals surface area contributed by atoms with Gasteiger partial charge >= 0.3 is 0 Å². The van der Waals surface area contributed by atoms with Gasteiger partial charge in [0.25, 0.3) is 0 Å². The summed E-state index contributed by atoms with van der Waals surface area (Å²) in [6.45, 7) is 1.08. The van der Waals surface area contributed by atoms with Crippen LogP contribution in [0.5, 0.6) is 0 Å². The molecule has 2 bridgehead atoms. The van der Waals surface area contributed by atoms with Crippen LogP contribution in [0.25, 0.3) is 0 Å². The highest BCUT2D eigenvalue weighted by molar-refractivity contribution is 7.99. The van der Waals surface area contributed by atoms with Gasteiger partial charge in [0.15, 0.2) is 0 Å². The molecule has 0 spiro atoms. The van der Waals surface area contributed by atoms with Crippen molar-refractivity contribution in [2.45, 2.75) is 22.6 Å². The molecule has 4 atom stereocenters. The summed E-state index contributed by atoms with van der Waals surface area (Å²) in [5, 5.41) is 2.91. The summed E-state index contributed by atoms with van der Waals surface area (Å²) in [6, 6.07) is 16.7. The molecular formula is C26H25N3O3S. The van der Waals surface area contributed by atoms with Crippen molar-refractivity contribution in [1.82, 2.24) is 10.2 Å². The molecule has 0 aromatic heterocycles. The standard InChI is InChI=1S/C26H25N3O3S/c30-22(15-29-25(31)23-16-10-11-17(14-16)24(23)26(29)32)27-12-5-13-28-18-6-1-3-8-20(18)33-21-9-4-2-7-19(21)28/h1-4,6-11,16-17,23-24H,5,12-15H2,(H,27,30). The Kier molecular flexibility index (Phi) is 5.02. The van der Waals surface area contributed by atoms with Gasteiger partial charge in [0, 0.05) is 22.9 Å². The number of anilines is 2. The van der Waals surface area contributed by atoms with Gasteiger partial charge in [0.05, 0.1) is 23.2 Å². The lowest BCUT2D eigenvalue weighted by Gasteiger charge is -2.32. The second-order valence-corrected chi connectivity index (χ2v) is 10.2. The molecule has 2 aliphatic carbocycles. The number of nitrogens with zero attached hydrogens (tertiary/aromatic N) is 2. The van der Waals surface area contributed by atoms with Crippen molar-refractivity contribution < 1.29 is 14.4 Å². The van der Waals surface area contributed by atoms with E-state index in [4.69, 9.17) is 0 Å². The third-order valence-electron chi connectivity index (χ3n) is 7.28. The maximum atomic E-state index is 12.8. The van der Waals surface area contributed by atoms with Crippen molar-refractivity contribution in [2.75, 3.05) is 24.5 Å². The Balaban J connectivity index is 1.05. The van der Waals surface area contributed by atoms with Gasteiger partial charge in [0.1, 0.15) is 6.54 Å². The van der Waals surface area contributed by atoms with Crippen LogP contribution >= 0.6 is 11.8 Å².